The molecule has 2 rings (SSSR count). The molecule has 1 aromatic carbocycles. The third-order valence-corrected chi connectivity index (χ3v) is 2.72. The Morgan fingerprint density at radius 2 is 2.28 bits per heavy atom. The molecule has 2 aromatic rings. The minimum atomic E-state index is 0.754. The third-order valence-electron chi connectivity index (χ3n) is 2.72. The standard InChI is InChI=1S/C14H19N3O/c1-3-7-18-14-6-4-5-13(8-14)15-9-12-10-16-17-11(12)2/h4-6,8,10,15H,3,7,9H2,1-2H3,(H,16,17). The predicted octanol–water partition coefficient (Wildman–Crippen LogP) is 3.12. The second kappa shape index (κ2) is 6.10. The molecule has 0 unspecified atom stereocenters. The van der Waals surface area contributed by atoms with Crippen LogP contribution < -0.4 is 10.1 Å². The summed E-state index contributed by atoms with van der Waals surface area (Å²) in [5.74, 6) is 0.908. The highest BCUT2D eigenvalue weighted by Gasteiger charge is 2.01. The van der Waals surface area contributed by atoms with Gasteiger partial charge in [0.25, 0.3) is 0 Å². The van der Waals surface area contributed by atoms with Crippen LogP contribution in [0.25, 0.3) is 0 Å². The van der Waals surface area contributed by atoms with E-state index in [4.69, 9.17) is 4.74 Å². The van der Waals surface area contributed by atoms with E-state index in [9.17, 15) is 0 Å². The van der Waals surface area contributed by atoms with Crippen molar-refractivity contribution in [1.82, 2.24) is 10.2 Å². The Morgan fingerprint density at radius 1 is 1.39 bits per heavy atom. The summed E-state index contributed by atoms with van der Waals surface area (Å²) in [6.45, 7) is 5.64. The maximum atomic E-state index is 5.60. The molecule has 2 N–H and O–H groups in total. The van der Waals surface area contributed by atoms with Gasteiger partial charge in [0.15, 0.2) is 0 Å². The van der Waals surface area contributed by atoms with Crippen LogP contribution in [-0.4, -0.2) is 16.8 Å². The normalized spacial score (nSPS) is 10.3. The molecule has 0 radical (unpaired) electrons. The molecule has 0 bridgehead atoms. The number of H-pyrrole nitrogens is 1. The Hall–Kier alpha value is -1.97. The van der Waals surface area contributed by atoms with E-state index >= 15 is 0 Å². The molecule has 4 nitrogen and oxygen atoms in total. The lowest BCUT2D eigenvalue weighted by atomic mass is 10.2. The van der Waals surface area contributed by atoms with Crippen LogP contribution in [0, 0.1) is 6.92 Å². The topological polar surface area (TPSA) is 49.9 Å². The summed E-state index contributed by atoms with van der Waals surface area (Å²) < 4.78 is 5.60. The van der Waals surface area contributed by atoms with Crippen molar-refractivity contribution < 1.29 is 4.74 Å². The van der Waals surface area contributed by atoms with E-state index in [0.717, 1.165) is 36.7 Å². The quantitative estimate of drug-likeness (QED) is 0.822. The maximum absolute atomic E-state index is 5.60. The summed E-state index contributed by atoms with van der Waals surface area (Å²) in [4.78, 5) is 0. The van der Waals surface area contributed by atoms with Crippen LogP contribution in [0.2, 0.25) is 0 Å². The molecule has 4 heteroatoms. The average Bonchev–Trinajstić information content (AvgIpc) is 2.80. The maximum Gasteiger partial charge on any atom is 0.121 e. The fourth-order valence-electron chi connectivity index (χ4n) is 1.67. The zero-order valence-corrected chi connectivity index (χ0v) is 10.9. The van der Waals surface area contributed by atoms with Gasteiger partial charge in [-0.1, -0.05) is 13.0 Å². The molecule has 0 aliphatic rings. The number of aromatic amines is 1. The number of hydrogen-bond acceptors (Lipinski definition) is 3. The molecule has 0 fully saturated rings. The first-order chi connectivity index (χ1) is 8.79. The Kier molecular flexibility index (Phi) is 4.23. The number of aryl methyl sites for hydroxylation is 1. The van der Waals surface area contributed by atoms with Crippen molar-refractivity contribution in [3.63, 3.8) is 0 Å². The highest BCUT2D eigenvalue weighted by Crippen LogP contribution is 2.18. The minimum Gasteiger partial charge on any atom is -0.494 e. The van der Waals surface area contributed by atoms with E-state index in [1.165, 1.54) is 5.56 Å². The summed E-state index contributed by atoms with van der Waals surface area (Å²) >= 11 is 0. The molecule has 0 atom stereocenters. The number of hydrogen-bond donors (Lipinski definition) is 2. The summed E-state index contributed by atoms with van der Waals surface area (Å²) in [7, 11) is 0. The molecule has 0 spiro atoms. The van der Waals surface area contributed by atoms with Crippen molar-refractivity contribution in [3.8, 4) is 5.75 Å². The van der Waals surface area contributed by atoms with Crippen LogP contribution in [0.15, 0.2) is 30.5 Å². The van der Waals surface area contributed by atoms with Crippen molar-refractivity contribution in [2.75, 3.05) is 11.9 Å². The van der Waals surface area contributed by atoms with E-state index in [0.29, 0.717) is 0 Å². The Balaban J connectivity index is 1.95. The van der Waals surface area contributed by atoms with Crippen LogP contribution in [0.4, 0.5) is 5.69 Å². The molecule has 0 saturated heterocycles. The average molecular weight is 245 g/mol. The first-order valence-electron chi connectivity index (χ1n) is 6.25. The number of anilines is 1. The van der Waals surface area contributed by atoms with E-state index < -0.39 is 0 Å². The van der Waals surface area contributed by atoms with Gasteiger partial charge in [-0.3, -0.25) is 5.10 Å². The SMILES string of the molecule is CCCOc1cccc(NCc2cn[nH]c2C)c1. The van der Waals surface area contributed by atoms with Gasteiger partial charge in [0.1, 0.15) is 5.75 Å². The van der Waals surface area contributed by atoms with Gasteiger partial charge < -0.3 is 10.1 Å². The van der Waals surface area contributed by atoms with Gasteiger partial charge in [0.05, 0.1) is 12.8 Å². The molecule has 1 heterocycles. The summed E-state index contributed by atoms with van der Waals surface area (Å²) in [5.41, 5.74) is 3.33. The Bertz CT molecular complexity index is 493. The number of ether oxygens (including phenoxy) is 1. The number of nitrogens with zero attached hydrogens (tertiary/aromatic N) is 1. The van der Waals surface area contributed by atoms with Gasteiger partial charge in [-0.2, -0.15) is 5.10 Å². The van der Waals surface area contributed by atoms with Crippen molar-refractivity contribution >= 4 is 5.69 Å². The monoisotopic (exact) mass is 245 g/mol. The fourth-order valence-corrected chi connectivity index (χ4v) is 1.67. The van der Waals surface area contributed by atoms with Crippen molar-refractivity contribution in [1.29, 1.82) is 0 Å². The van der Waals surface area contributed by atoms with Gasteiger partial charge in [-0.15, -0.1) is 0 Å². The first-order valence-corrected chi connectivity index (χ1v) is 6.25. The van der Waals surface area contributed by atoms with Crippen LogP contribution in [0.5, 0.6) is 5.75 Å². The second-order valence-corrected chi connectivity index (χ2v) is 4.25. The summed E-state index contributed by atoms with van der Waals surface area (Å²) in [6, 6.07) is 8.03. The van der Waals surface area contributed by atoms with Gasteiger partial charge in [-0.25, -0.2) is 0 Å². The highest BCUT2D eigenvalue weighted by atomic mass is 16.5. The molecular weight excluding hydrogens is 226 g/mol. The lowest BCUT2D eigenvalue weighted by molar-refractivity contribution is 0.317. The van der Waals surface area contributed by atoms with Crippen LogP contribution >= 0.6 is 0 Å². The lowest BCUT2D eigenvalue weighted by Gasteiger charge is -2.09. The van der Waals surface area contributed by atoms with Crippen molar-refractivity contribution in [2.45, 2.75) is 26.8 Å². The zero-order chi connectivity index (χ0) is 12.8. The molecule has 96 valence electrons. The first kappa shape index (κ1) is 12.5. The zero-order valence-electron chi connectivity index (χ0n) is 10.9. The molecule has 0 aliphatic carbocycles. The third kappa shape index (κ3) is 3.26. The number of benzene rings is 1. The van der Waals surface area contributed by atoms with Crippen molar-refractivity contribution in [3.05, 3.63) is 41.7 Å². The van der Waals surface area contributed by atoms with Gasteiger partial charge in [0.2, 0.25) is 0 Å². The molecule has 0 aliphatic heterocycles. The van der Waals surface area contributed by atoms with Crippen molar-refractivity contribution in [2.24, 2.45) is 0 Å². The van der Waals surface area contributed by atoms with E-state index in [2.05, 4.69) is 22.4 Å². The lowest BCUT2D eigenvalue weighted by Crippen LogP contribution is -2.01. The second-order valence-electron chi connectivity index (χ2n) is 4.25. The number of rotatable bonds is 6. The van der Waals surface area contributed by atoms with E-state index in [1.807, 2.05) is 37.4 Å². The summed E-state index contributed by atoms with van der Waals surface area (Å²) in [6.07, 6.45) is 2.87. The minimum absolute atomic E-state index is 0.754. The van der Waals surface area contributed by atoms with E-state index in [1.54, 1.807) is 0 Å². The largest absolute Gasteiger partial charge is 0.494 e. The number of aromatic nitrogens is 2. The smallest absolute Gasteiger partial charge is 0.121 e. The summed E-state index contributed by atoms with van der Waals surface area (Å²) in [5, 5.41) is 10.3. The van der Waals surface area contributed by atoms with Gasteiger partial charge in [-0.05, 0) is 25.5 Å². The number of nitrogens with one attached hydrogen (secondary N) is 2. The van der Waals surface area contributed by atoms with Crippen LogP contribution in [0.1, 0.15) is 24.6 Å². The molecule has 1 aromatic heterocycles. The van der Waals surface area contributed by atoms with Gasteiger partial charge >= 0.3 is 0 Å². The fraction of sp³-hybridized carbons (Fsp3) is 0.357. The Morgan fingerprint density at radius 3 is 3.00 bits per heavy atom. The van der Waals surface area contributed by atoms with Gasteiger partial charge in [0, 0.05) is 29.6 Å². The van der Waals surface area contributed by atoms with E-state index in [-0.39, 0.29) is 0 Å². The molecule has 0 saturated carbocycles. The van der Waals surface area contributed by atoms with Crippen LogP contribution in [-0.2, 0) is 6.54 Å². The molecule has 18 heavy (non-hydrogen) atoms. The highest BCUT2D eigenvalue weighted by molar-refractivity contribution is 5.48. The predicted molar refractivity (Wildman–Crippen MR) is 72.9 cm³/mol. The molecule has 0 amide bonds. The van der Waals surface area contributed by atoms with Crippen LogP contribution in [0.3, 0.4) is 0 Å². The molecular formula is C14H19N3O. The Labute approximate surface area is 107 Å².